The van der Waals surface area contributed by atoms with Gasteiger partial charge in [0.15, 0.2) is 0 Å². The molecule has 106 valence electrons. The molecule has 0 radical (unpaired) electrons. The van der Waals surface area contributed by atoms with Crippen molar-refractivity contribution in [2.75, 3.05) is 6.54 Å². The van der Waals surface area contributed by atoms with Crippen LogP contribution in [0.4, 0.5) is 0 Å². The molecule has 1 saturated heterocycles. The third kappa shape index (κ3) is 2.32. The molecule has 20 heavy (non-hydrogen) atoms. The molecule has 1 fully saturated rings. The summed E-state index contributed by atoms with van der Waals surface area (Å²) in [7, 11) is 1.84. The molecule has 0 saturated carbocycles. The van der Waals surface area contributed by atoms with Gasteiger partial charge in [0, 0.05) is 25.9 Å². The summed E-state index contributed by atoms with van der Waals surface area (Å²) in [5.74, 6) is -0.0248. The summed E-state index contributed by atoms with van der Waals surface area (Å²) < 4.78 is 6.61. The molecule has 3 heterocycles. The Kier molecular flexibility index (Phi) is 3.27. The Bertz CT molecular complexity index is 593. The van der Waals surface area contributed by atoms with Crippen molar-refractivity contribution < 1.29 is 14.4 Å². The normalized spacial score (nSPS) is 22.4. The van der Waals surface area contributed by atoms with E-state index in [1.165, 1.54) is 12.3 Å². The first-order valence-corrected chi connectivity index (χ1v) is 6.52. The summed E-state index contributed by atoms with van der Waals surface area (Å²) in [4.78, 5) is 14.0. The van der Waals surface area contributed by atoms with E-state index in [0.29, 0.717) is 19.4 Å². The Morgan fingerprint density at radius 1 is 1.60 bits per heavy atom. The smallest absolute Gasteiger partial charge is 0.292 e. The van der Waals surface area contributed by atoms with Gasteiger partial charge in [0.25, 0.3) is 5.91 Å². The van der Waals surface area contributed by atoms with Gasteiger partial charge in [-0.15, -0.1) is 0 Å². The first-order valence-electron chi connectivity index (χ1n) is 6.52. The molecule has 7 heteroatoms. The number of aryl methyl sites for hydroxylation is 1. The van der Waals surface area contributed by atoms with E-state index >= 15 is 0 Å². The van der Waals surface area contributed by atoms with Crippen LogP contribution in [0.1, 0.15) is 22.5 Å². The van der Waals surface area contributed by atoms with E-state index in [9.17, 15) is 9.90 Å². The van der Waals surface area contributed by atoms with Crippen LogP contribution in [0, 0.1) is 0 Å². The summed E-state index contributed by atoms with van der Waals surface area (Å²) in [5, 5.41) is 17.8. The fraction of sp³-hybridized carbons (Fsp3) is 0.462. The lowest BCUT2D eigenvalue weighted by Gasteiger charge is -2.24. The molecule has 2 aromatic rings. The van der Waals surface area contributed by atoms with Crippen molar-refractivity contribution in [1.29, 1.82) is 0 Å². The molecule has 2 atom stereocenters. The molecule has 0 spiro atoms. The van der Waals surface area contributed by atoms with Gasteiger partial charge in [-0.2, -0.15) is 5.10 Å². The summed E-state index contributed by atoms with van der Waals surface area (Å²) >= 11 is 0. The summed E-state index contributed by atoms with van der Waals surface area (Å²) in [6, 6.07) is 1.28. The standard InChI is InChI=1S/C13H16N4O3/c1-16-8-9(7-14-16)6-10-11(18)3-5-17(10)13(19)12-2-4-15-20-12/h2,4,7-8,10-11,18H,3,5-6H2,1H3/t10-,11-/m1/s1. The van der Waals surface area contributed by atoms with Crippen LogP contribution < -0.4 is 0 Å². The zero-order chi connectivity index (χ0) is 14.1. The van der Waals surface area contributed by atoms with Gasteiger partial charge in [-0.3, -0.25) is 9.48 Å². The van der Waals surface area contributed by atoms with Crippen molar-refractivity contribution in [1.82, 2.24) is 19.8 Å². The molecular formula is C13H16N4O3. The van der Waals surface area contributed by atoms with Crippen LogP contribution in [0.3, 0.4) is 0 Å². The molecular weight excluding hydrogens is 260 g/mol. The van der Waals surface area contributed by atoms with Gasteiger partial charge in [0.2, 0.25) is 5.76 Å². The molecule has 0 aliphatic carbocycles. The summed E-state index contributed by atoms with van der Waals surface area (Å²) in [6.07, 6.45) is 5.71. The Labute approximate surface area is 115 Å². The lowest BCUT2D eigenvalue weighted by atomic mass is 10.0. The van der Waals surface area contributed by atoms with Gasteiger partial charge >= 0.3 is 0 Å². The predicted octanol–water partition coefficient (Wildman–Crippen LogP) is 0.226. The maximum absolute atomic E-state index is 12.3. The van der Waals surface area contributed by atoms with E-state index in [2.05, 4.69) is 10.3 Å². The highest BCUT2D eigenvalue weighted by molar-refractivity contribution is 5.91. The Hall–Kier alpha value is -2.15. The van der Waals surface area contributed by atoms with E-state index < -0.39 is 6.10 Å². The van der Waals surface area contributed by atoms with Gasteiger partial charge in [-0.05, 0) is 18.4 Å². The Morgan fingerprint density at radius 2 is 2.45 bits per heavy atom. The Morgan fingerprint density at radius 3 is 3.10 bits per heavy atom. The van der Waals surface area contributed by atoms with Crippen molar-refractivity contribution in [2.45, 2.75) is 25.0 Å². The number of carbonyl (C=O) groups excluding carboxylic acids is 1. The quantitative estimate of drug-likeness (QED) is 0.867. The number of aromatic nitrogens is 3. The fourth-order valence-corrected chi connectivity index (χ4v) is 2.62. The first-order chi connectivity index (χ1) is 9.65. The number of hydrogen-bond acceptors (Lipinski definition) is 5. The highest BCUT2D eigenvalue weighted by Crippen LogP contribution is 2.23. The number of aliphatic hydroxyl groups is 1. The second-order valence-electron chi connectivity index (χ2n) is 5.02. The molecule has 0 bridgehead atoms. The molecule has 7 nitrogen and oxygen atoms in total. The van der Waals surface area contributed by atoms with Crippen LogP contribution in [0.5, 0.6) is 0 Å². The van der Waals surface area contributed by atoms with Crippen LogP contribution >= 0.6 is 0 Å². The number of hydrogen-bond donors (Lipinski definition) is 1. The number of likely N-dealkylation sites (tertiary alicyclic amines) is 1. The van der Waals surface area contributed by atoms with Crippen molar-refractivity contribution in [3.63, 3.8) is 0 Å². The highest BCUT2D eigenvalue weighted by atomic mass is 16.5. The molecule has 1 aliphatic rings. The second kappa shape index (κ2) is 5.09. The van der Waals surface area contributed by atoms with Gasteiger partial charge in [0.1, 0.15) is 0 Å². The van der Waals surface area contributed by atoms with Crippen LogP contribution in [-0.2, 0) is 13.5 Å². The number of amides is 1. The number of rotatable bonds is 3. The fourth-order valence-electron chi connectivity index (χ4n) is 2.62. The zero-order valence-corrected chi connectivity index (χ0v) is 11.1. The van der Waals surface area contributed by atoms with Crippen molar-refractivity contribution >= 4 is 5.91 Å². The minimum Gasteiger partial charge on any atom is -0.391 e. The van der Waals surface area contributed by atoms with Crippen LogP contribution in [0.15, 0.2) is 29.2 Å². The van der Waals surface area contributed by atoms with E-state index in [1.807, 2.05) is 13.2 Å². The third-order valence-corrected chi connectivity index (χ3v) is 3.62. The summed E-state index contributed by atoms with van der Waals surface area (Å²) in [5.41, 5.74) is 0.994. The maximum Gasteiger partial charge on any atom is 0.292 e. The molecule has 1 amide bonds. The van der Waals surface area contributed by atoms with Crippen molar-refractivity contribution in [3.05, 3.63) is 36.0 Å². The van der Waals surface area contributed by atoms with Gasteiger partial charge in [-0.25, -0.2) is 0 Å². The Balaban J connectivity index is 1.78. The van der Waals surface area contributed by atoms with E-state index in [4.69, 9.17) is 4.52 Å². The van der Waals surface area contributed by atoms with Crippen LogP contribution in [-0.4, -0.2) is 49.5 Å². The van der Waals surface area contributed by atoms with Gasteiger partial charge in [0.05, 0.1) is 24.5 Å². The van der Waals surface area contributed by atoms with Crippen molar-refractivity contribution in [2.24, 2.45) is 7.05 Å². The molecule has 2 aromatic heterocycles. The van der Waals surface area contributed by atoms with Crippen molar-refractivity contribution in [3.8, 4) is 0 Å². The van der Waals surface area contributed by atoms with E-state index in [-0.39, 0.29) is 17.7 Å². The molecule has 1 N–H and O–H groups in total. The first kappa shape index (κ1) is 12.9. The highest BCUT2D eigenvalue weighted by Gasteiger charge is 2.37. The molecule has 0 aromatic carbocycles. The average molecular weight is 276 g/mol. The van der Waals surface area contributed by atoms with Crippen LogP contribution in [0.25, 0.3) is 0 Å². The number of aliphatic hydroxyl groups excluding tert-OH is 1. The second-order valence-corrected chi connectivity index (χ2v) is 5.02. The van der Waals surface area contributed by atoms with Gasteiger partial charge < -0.3 is 14.5 Å². The number of carbonyl (C=O) groups is 1. The molecule has 3 rings (SSSR count). The van der Waals surface area contributed by atoms with Gasteiger partial charge in [-0.1, -0.05) is 5.16 Å². The third-order valence-electron chi connectivity index (χ3n) is 3.62. The van der Waals surface area contributed by atoms with E-state index in [0.717, 1.165) is 5.56 Å². The monoisotopic (exact) mass is 276 g/mol. The predicted molar refractivity (Wildman–Crippen MR) is 68.9 cm³/mol. The maximum atomic E-state index is 12.3. The topological polar surface area (TPSA) is 84.4 Å². The minimum atomic E-state index is -0.526. The largest absolute Gasteiger partial charge is 0.391 e. The van der Waals surface area contributed by atoms with Crippen LogP contribution in [0.2, 0.25) is 0 Å². The molecule has 1 aliphatic heterocycles. The lowest BCUT2D eigenvalue weighted by molar-refractivity contribution is 0.0601. The average Bonchev–Trinajstić information content (AvgIpc) is 3.13. The molecule has 0 unspecified atom stereocenters. The SMILES string of the molecule is Cn1cc(C[C@@H]2[C@H](O)CCN2C(=O)c2ccno2)cn1. The lowest BCUT2D eigenvalue weighted by Crippen LogP contribution is -2.40. The summed E-state index contributed by atoms with van der Waals surface area (Å²) in [6.45, 7) is 0.519. The zero-order valence-electron chi connectivity index (χ0n) is 11.1. The minimum absolute atomic E-state index is 0.204. The number of nitrogens with zero attached hydrogens (tertiary/aromatic N) is 4. The van der Waals surface area contributed by atoms with E-state index in [1.54, 1.807) is 15.8 Å².